The number of amides is 2. The first kappa shape index (κ1) is 19.3. The highest BCUT2D eigenvalue weighted by molar-refractivity contribution is 5.88. The Morgan fingerprint density at radius 2 is 1.73 bits per heavy atom. The molecule has 0 aliphatic heterocycles. The topological polar surface area (TPSA) is 88.9 Å². The van der Waals surface area contributed by atoms with Crippen LogP contribution in [-0.4, -0.2) is 33.1 Å². The molecule has 7 heteroatoms. The van der Waals surface area contributed by atoms with E-state index in [1.807, 2.05) is 30.3 Å². The lowest BCUT2D eigenvalue weighted by molar-refractivity contribution is -0.147. The lowest BCUT2D eigenvalue weighted by Crippen LogP contribution is -2.54. The van der Waals surface area contributed by atoms with Crippen LogP contribution in [0.25, 0.3) is 0 Å². The minimum Gasteiger partial charge on any atom is -0.347 e. The molecule has 0 radical (unpaired) electrons. The second kappa shape index (κ2) is 7.85. The molecule has 4 aliphatic rings. The number of hydrogen-bond donors (Lipinski definition) is 2. The van der Waals surface area contributed by atoms with Gasteiger partial charge in [-0.3, -0.25) is 14.3 Å². The highest BCUT2D eigenvalue weighted by Gasteiger charge is 2.54. The summed E-state index contributed by atoms with van der Waals surface area (Å²) in [6.45, 7) is 0.500. The highest BCUT2D eigenvalue weighted by atomic mass is 16.2. The molecule has 4 bridgehead atoms. The lowest BCUT2D eigenvalue weighted by Gasteiger charge is -2.55. The Labute approximate surface area is 176 Å². The minimum absolute atomic E-state index is 0.0152. The van der Waals surface area contributed by atoms with Gasteiger partial charge in [0.25, 0.3) is 0 Å². The van der Waals surface area contributed by atoms with Gasteiger partial charge in [0.15, 0.2) is 0 Å². The molecule has 158 valence electrons. The molecule has 7 nitrogen and oxygen atoms in total. The van der Waals surface area contributed by atoms with Gasteiger partial charge in [-0.15, -0.1) is 0 Å². The van der Waals surface area contributed by atoms with E-state index < -0.39 is 0 Å². The van der Waals surface area contributed by atoms with E-state index in [1.165, 1.54) is 25.6 Å². The number of carbonyl (C=O) groups is 2. The van der Waals surface area contributed by atoms with E-state index in [9.17, 15) is 9.59 Å². The van der Waals surface area contributed by atoms with Gasteiger partial charge in [0, 0.05) is 5.41 Å². The predicted molar refractivity (Wildman–Crippen MR) is 111 cm³/mol. The van der Waals surface area contributed by atoms with Gasteiger partial charge in [0.05, 0.1) is 19.1 Å². The fourth-order valence-corrected chi connectivity index (χ4v) is 6.42. The highest BCUT2D eigenvalue weighted by Crippen LogP contribution is 2.60. The Morgan fingerprint density at radius 1 is 1.07 bits per heavy atom. The van der Waals surface area contributed by atoms with Crippen LogP contribution in [-0.2, 0) is 16.1 Å². The third-order valence-electron chi connectivity index (χ3n) is 7.30. The quantitative estimate of drug-likeness (QED) is 0.738. The zero-order chi connectivity index (χ0) is 20.6. The number of nitrogens with zero attached hydrogens (tertiary/aromatic N) is 3. The fourth-order valence-electron chi connectivity index (χ4n) is 6.42. The van der Waals surface area contributed by atoms with Crippen molar-refractivity contribution in [1.29, 1.82) is 0 Å². The normalized spacial score (nSPS) is 30.1. The lowest BCUT2D eigenvalue weighted by atomic mass is 9.49. The van der Waals surface area contributed by atoms with Gasteiger partial charge in [-0.2, -0.15) is 5.10 Å². The van der Waals surface area contributed by atoms with Crippen molar-refractivity contribution in [2.75, 3.05) is 6.54 Å². The van der Waals surface area contributed by atoms with Crippen molar-refractivity contribution in [3.63, 3.8) is 0 Å². The molecule has 1 aromatic heterocycles. The zero-order valence-electron chi connectivity index (χ0n) is 17.2. The van der Waals surface area contributed by atoms with E-state index in [0.717, 1.165) is 24.8 Å². The minimum atomic E-state index is -0.239. The summed E-state index contributed by atoms with van der Waals surface area (Å²) in [5.41, 5.74) is 0.767. The molecule has 30 heavy (non-hydrogen) atoms. The molecular weight excluding hydrogens is 378 g/mol. The zero-order valence-corrected chi connectivity index (χ0v) is 17.2. The summed E-state index contributed by atoms with van der Waals surface area (Å²) in [6, 6.07) is 9.57. The Morgan fingerprint density at radius 3 is 2.33 bits per heavy atom. The summed E-state index contributed by atoms with van der Waals surface area (Å²) < 4.78 is 1.70. The van der Waals surface area contributed by atoms with Gasteiger partial charge in [-0.05, 0) is 61.8 Å². The molecule has 1 atom stereocenters. The Bertz CT molecular complexity index is 860. The van der Waals surface area contributed by atoms with Gasteiger partial charge < -0.3 is 10.6 Å². The first-order valence-corrected chi connectivity index (χ1v) is 11.0. The molecule has 6 rings (SSSR count). The van der Waals surface area contributed by atoms with E-state index in [1.54, 1.807) is 11.0 Å². The average molecular weight is 408 g/mol. The molecule has 2 aromatic rings. The number of hydrogen-bond acceptors (Lipinski definition) is 4. The van der Waals surface area contributed by atoms with E-state index >= 15 is 0 Å². The summed E-state index contributed by atoms with van der Waals surface area (Å²) in [5, 5.41) is 10.2. The van der Waals surface area contributed by atoms with E-state index in [2.05, 4.69) is 20.7 Å². The molecule has 1 unspecified atom stereocenters. The summed E-state index contributed by atoms with van der Waals surface area (Å²) in [4.78, 5) is 29.8. The maximum Gasteiger partial charge on any atom is 0.239 e. The van der Waals surface area contributed by atoms with E-state index in [-0.39, 0.29) is 29.8 Å². The van der Waals surface area contributed by atoms with Crippen LogP contribution in [0.15, 0.2) is 43.0 Å². The Hall–Kier alpha value is -2.70. The molecule has 4 fully saturated rings. The van der Waals surface area contributed by atoms with Crippen LogP contribution in [0.2, 0.25) is 0 Å². The molecule has 2 amide bonds. The second-order valence-electron chi connectivity index (χ2n) is 9.53. The molecule has 2 N–H and O–H groups in total. The average Bonchev–Trinajstić information content (AvgIpc) is 3.24. The Balaban J connectivity index is 1.21. The summed E-state index contributed by atoms with van der Waals surface area (Å²) in [7, 11) is 0. The maximum atomic E-state index is 13.1. The third kappa shape index (κ3) is 3.85. The molecule has 1 heterocycles. The van der Waals surface area contributed by atoms with Crippen molar-refractivity contribution in [3.05, 3.63) is 48.5 Å². The summed E-state index contributed by atoms with van der Waals surface area (Å²) >= 11 is 0. The molecule has 4 aliphatic carbocycles. The first-order chi connectivity index (χ1) is 14.6. The van der Waals surface area contributed by atoms with Gasteiger partial charge >= 0.3 is 0 Å². The van der Waals surface area contributed by atoms with Gasteiger partial charge in [-0.1, -0.05) is 30.3 Å². The fraction of sp³-hybridized carbons (Fsp3) is 0.565. The van der Waals surface area contributed by atoms with Crippen molar-refractivity contribution >= 4 is 11.8 Å². The monoisotopic (exact) mass is 407 g/mol. The standard InChI is InChI=1S/C23H29N5O2/c29-21(27-20(13-28-15-24-14-26-28)19-4-2-1-3-5-19)12-25-22(30)23-9-16-6-17(10-23)8-18(7-16)11-23/h1-5,14-18,20H,6-13H2,(H,25,30)(H,27,29). The number of benzene rings is 1. The van der Waals surface area contributed by atoms with Crippen LogP contribution in [0.3, 0.4) is 0 Å². The van der Waals surface area contributed by atoms with Gasteiger partial charge in [-0.25, -0.2) is 4.98 Å². The molecule has 1 aromatic carbocycles. The molecule has 0 spiro atoms. The third-order valence-corrected chi connectivity index (χ3v) is 7.30. The number of nitrogens with one attached hydrogen (secondary N) is 2. The predicted octanol–water partition coefficient (Wildman–Crippen LogP) is 2.47. The van der Waals surface area contributed by atoms with Crippen molar-refractivity contribution in [1.82, 2.24) is 25.4 Å². The number of aromatic nitrogens is 3. The van der Waals surface area contributed by atoms with Crippen LogP contribution in [0.5, 0.6) is 0 Å². The van der Waals surface area contributed by atoms with Crippen molar-refractivity contribution in [3.8, 4) is 0 Å². The Kier molecular flexibility index (Phi) is 5.05. The molecule has 4 saturated carbocycles. The number of carbonyl (C=O) groups excluding carboxylic acids is 2. The van der Waals surface area contributed by atoms with Gasteiger partial charge in [0.1, 0.15) is 12.7 Å². The smallest absolute Gasteiger partial charge is 0.239 e. The van der Waals surface area contributed by atoms with E-state index in [4.69, 9.17) is 0 Å². The van der Waals surface area contributed by atoms with Crippen molar-refractivity contribution < 1.29 is 9.59 Å². The molecule has 0 saturated heterocycles. The van der Waals surface area contributed by atoms with Crippen LogP contribution in [0.1, 0.15) is 50.1 Å². The van der Waals surface area contributed by atoms with Gasteiger partial charge in [0.2, 0.25) is 11.8 Å². The maximum absolute atomic E-state index is 13.1. The first-order valence-electron chi connectivity index (χ1n) is 11.0. The summed E-state index contributed by atoms with van der Waals surface area (Å²) in [5.74, 6) is 2.04. The van der Waals surface area contributed by atoms with E-state index in [0.29, 0.717) is 24.3 Å². The summed E-state index contributed by atoms with van der Waals surface area (Å²) in [6.07, 6.45) is 10.0. The van der Waals surface area contributed by atoms with Crippen molar-refractivity contribution in [2.45, 2.75) is 51.1 Å². The largest absolute Gasteiger partial charge is 0.347 e. The number of rotatable bonds is 7. The van der Waals surface area contributed by atoms with Crippen LogP contribution in [0.4, 0.5) is 0 Å². The van der Waals surface area contributed by atoms with Crippen LogP contribution in [0, 0.1) is 23.2 Å². The second-order valence-corrected chi connectivity index (χ2v) is 9.53. The van der Waals surface area contributed by atoms with Crippen LogP contribution >= 0.6 is 0 Å². The van der Waals surface area contributed by atoms with Crippen molar-refractivity contribution in [2.24, 2.45) is 23.2 Å². The molecular formula is C23H29N5O2. The van der Waals surface area contributed by atoms with Crippen LogP contribution < -0.4 is 10.6 Å². The SMILES string of the molecule is O=C(CNC(=O)C12CC3CC(CC(C3)C1)C2)NC(Cn1cncn1)c1ccccc1.